The van der Waals surface area contributed by atoms with Crippen LogP contribution in [-0.4, -0.2) is 24.2 Å². The van der Waals surface area contributed by atoms with Gasteiger partial charge in [-0.3, -0.25) is 4.79 Å². The molecule has 0 fully saturated rings. The third-order valence-corrected chi connectivity index (χ3v) is 3.00. The van der Waals surface area contributed by atoms with Gasteiger partial charge in [-0.15, -0.1) is 6.58 Å². The minimum atomic E-state index is -0.796. The highest BCUT2D eigenvalue weighted by molar-refractivity contribution is 6.30. The van der Waals surface area contributed by atoms with E-state index in [1.54, 1.807) is 13.0 Å². The van der Waals surface area contributed by atoms with Crippen LogP contribution in [0.4, 0.5) is 5.69 Å². The van der Waals surface area contributed by atoms with Crippen LogP contribution in [0.25, 0.3) is 0 Å². The van der Waals surface area contributed by atoms with Crippen molar-refractivity contribution in [2.24, 2.45) is 5.92 Å². The number of carboxylic acid groups (broad SMARTS) is 1. The van der Waals surface area contributed by atoms with Crippen molar-refractivity contribution < 1.29 is 9.90 Å². The van der Waals surface area contributed by atoms with Crippen molar-refractivity contribution in [1.82, 2.24) is 0 Å². The number of anilines is 1. The molecular formula is C14H18ClNO2. The summed E-state index contributed by atoms with van der Waals surface area (Å²) in [5.41, 5.74) is 2.02. The van der Waals surface area contributed by atoms with Crippen molar-refractivity contribution in [2.75, 3.05) is 18.0 Å². The van der Waals surface area contributed by atoms with E-state index in [0.717, 1.165) is 11.3 Å². The van der Waals surface area contributed by atoms with Crippen molar-refractivity contribution in [2.45, 2.75) is 13.8 Å². The fourth-order valence-electron chi connectivity index (χ4n) is 1.81. The summed E-state index contributed by atoms with van der Waals surface area (Å²) < 4.78 is 0. The fraction of sp³-hybridized carbons (Fsp3) is 0.357. The molecule has 4 heteroatoms. The van der Waals surface area contributed by atoms with Crippen molar-refractivity contribution in [3.63, 3.8) is 0 Å². The normalized spacial score (nSPS) is 11.9. The zero-order valence-electron chi connectivity index (χ0n) is 10.7. The molecule has 0 aromatic heterocycles. The number of aryl methyl sites for hydroxylation is 1. The summed E-state index contributed by atoms with van der Waals surface area (Å²) in [7, 11) is 0. The lowest BCUT2D eigenvalue weighted by molar-refractivity contribution is -0.140. The minimum absolute atomic E-state index is 0.431. The first kappa shape index (κ1) is 14.6. The van der Waals surface area contributed by atoms with Crippen LogP contribution in [0.1, 0.15) is 12.5 Å². The van der Waals surface area contributed by atoms with Crippen LogP contribution in [0.5, 0.6) is 0 Å². The lowest BCUT2D eigenvalue weighted by Gasteiger charge is -2.27. The standard InChI is InChI=1S/C14H18ClNO2/c1-4-7-16(9-11(3)14(17)18)13-6-5-12(15)8-10(13)2/h4-6,8,11H,1,7,9H2,2-3H3,(H,17,18). The van der Waals surface area contributed by atoms with Crippen molar-refractivity contribution >= 4 is 23.3 Å². The van der Waals surface area contributed by atoms with Crippen LogP contribution in [0.3, 0.4) is 0 Å². The van der Waals surface area contributed by atoms with E-state index in [1.165, 1.54) is 0 Å². The van der Waals surface area contributed by atoms with Crippen molar-refractivity contribution in [3.8, 4) is 0 Å². The van der Waals surface area contributed by atoms with E-state index in [2.05, 4.69) is 6.58 Å². The quantitative estimate of drug-likeness (QED) is 0.804. The molecule has 1 aromatic rings. The lowest BCUT2D eigenvalue weighted by atomic mass is 10.1. The topological polar surface area (TPSA) is 40.5 Å². The molecule has 0 aliphatic heterocycles. The molecule has 0 amide bonds. The summed E-state index contributed by atoms with van der Waals surface area (Å²) in [6.07, 6.45) is 1.77. The molecule has 3 nitrogen and oxygen atoms in total. The number of aliphatic carboxylic acids is 1. The molecule has 0 saturated carbocycles. The zero-order valence-corrected chi connectivity index (χ0v) is 11.4. The molecule has 98 valence electrons. The summed E-state index contributed by atoms with van der Waals surface area (Å²) >= 11 is 5.92. The number of hydrogen-bond donors (Lipinski definition) is 1. The zero-order chi connectivity index (χ0) is 13.7. The van der Waals surface area contributed by atoms with E-state index in [-0.39, 0.29) is 0 Å². The van der Waals surface area contributed by atoms with Crippen LogP contribution in [0.15, 0.2) is 30.9 Å². The molecular weight excluding hydrogens is 250 g/mol. The molecule has 0 aliphatic carbocycles. The van der Waals surface area contributed by atoms with Gasteiger partial charge in [-0.1, -0.05) is 24.6 Å². The molecule has 0 heterocycles. The Labute approximate surface area is 113 Å². The van der Waals surface area contributed by atoms with Gasteiger partial charge in [0.1, 0.15) is 0 Å². The van der Waals surface area contributed by atoms with E-state index in [9.17, 15) is 4.79 Å². The number of carbonyl (C=O) groups is 1. The van der Waals surface area contributed by atoms with Crippen molar-refractivity contribution in [1.29, 1.82) is 0 Å². The fourth-order valence-corrected chi connectivity index (χ4v) is 2.04. The van der Waals surface area contributed by atoms with Crippen LogP contribution >= 0.6 is 11.6 Å². The number of nitrogens with zero attached hydrogens (tertiary/aromatic N) is 1. The predicted octanol–water partition coefficient (Wildman–Crippen LogP) is 3.36. The van der Waals surface area contributed by atoms with Crippen LogP contribution in [0, 0.1) is 12.8 Å². The largest absolute Gasteiger partial charge is 0.481 e. The first-order valence-corrected chi connectivity index (χ1v) is 6.18. The van der Waals surface area contributed by atoms with Crippen molar-refractivity contribution in [3.05, 3.63) is 41.4 Å². The van der Waals surface area contributed by atoms with E-state index in [0.29, 0.717) is 18.1 Å². The van der Waals surface area contributed by atoms with Gasteiger partial charge in [0.2, 0.25) is 0 Å². The minimum Gasteiger partial charge on any atom is -0.481 e. The summed E-state index contributed by atoms with van der Waals surface area (Å²) in [5.74, 6) is -1.23. The average molecular weight is 268 g/mol. The molecule has 18 heavy (non-hydrogen) atoms. The van der Waals surface area contributed by atoms with Gasteiger partial charge in [-0.25, -0.2) is 0 Å². The smallest absolute Gasteiger partial charge is 0.308 e. The third-order valence-electron chi connectivity index (χ3n) is 2.76. The lowest BCUT2D eigenvalue weighted by Crippen LogP contribution is -2.32. The molecule has 0 radical (unpaired) electrons. The van der Waals surface area contributed by atoms with E-state index >= 15 is 0 Å². The SMILES string of the molecule is C=CCN(CC(C)C(=O)O)c1ccc(Cl)cc1C. The molecule has 0 aliphatic rings. The summed E-state index contributed by atoms with van der Waals surface area (Å²) in [6, 6.07) is 5.60. The molecule has 1 aromatic carbocycles. The van der Waals surface area contributed by atoms with Crippen LogP contribution in [-0.2, 0) is 4.79 Å². The number of hydrogen-bond acceptors (Lipinski definition) is 2. The Morgan fingerprint density at radius 3 is 2.78 bits per heavy atom. The maximum atomic E-state index is 10.9. The van der Waals surface area contributed by atoms with Gasteiger partial charge in [0.15, 0.2) is 0 Å². The van der Waals surface area contributed by atoms with Gasteiger partial charge in [-0.05, 0) is 30.7 Å². The Morgan fingerprint density at radius 1 is 1.61 bits per heavy atom. The maximum Gasteiger partial charge on any atom is 0.308 e. The molecule has 0 bridgehead atoms. The highest BCUT2D eigenvalue weighted by Gasteiger charge is 2.17. The number of benzene rings is 1. The van der Waals surface area contributed by atoms with Gasteiger partial charge < -0.3 is 10.0 Å². The van der Waals surface area contributed by atoms with E-state index < -0.39 is 11.9 Å². The molecule has 1 unspecified atom stereocenters. The second-order valence-electron chi connectivity index (χ2n) is 4.36. The number of carboxylic acids is 1. The van der Waals surface area contributed by atoms with E-state index in [1.807, 2.05) is 30.0 Å². The Morgan fingerprint density at radius 2 is 2.28 bits per heavy atom. The Hall–Kier alpha value is -1.48. The Balaban J connectivity index is 2.96. The van der Waals surface area contributed by atoms with Gasteiger partial charge >= 0.3 is 5.97 Å². The number of halogens is 1. The third kappa shape index (κ3) is 3.77. The molecule has 0 saturated heterocycles. The van der Waals surface area contributed by atoms with Crippen LogP contribution < -0.4 is 4.90 Å². The number of rotatable bonds is 6. The Bertz CT molecular complexity index is 445. The van der Waals surface area contributed by atoms with Gasteiger partial charge in [0.25, 0.3) is 0 Å². The molecule has 1 atom stereocenters. The monoisotopic (exact) mass is 267 g/mol. The summed E-state index contributed by atoms with van der Waals surface area (Å²) in [4.78, 5) is 12.9. The summed E-state index contributed by atoms with van der Waals surface area (Å²) in [6.45, 7) is 8.43. The average Bonchev–Trinajstić information content (AvgIpc) is 2.28. The molecule has 1 rings (SSSR count). The first-order valence-electron chi connectivity index (χ1n) is 5.80. The van der Waals surface area contributed by atoms with Gasteiger partial charge in [0, 0.05) is 23.8 Å². The van der Waals surface area contributed by atoms with E-state index in [4.69, 9.17) is 16.7 Å². The highest BCUT2D eigenvalue weighted by Crippen LogP contribution is 2.24. The second-order valence-corrected chi connectivity index (χ2v) is 4.80. The predicted molar refractivity (Wildman–Crippen MR) is 75.4 cm³/mol. The van der Waals surface area contributed by atoms with Gasteiger partial charge in [-0.2, -0.15) is 0 Å². The van der Waals surface area contributed by atoms with Crippen LogP contribution in [0.2, 0.25) is 5.02 Å². The second kappa shape index (κ2) is 6.45. The maximum absolute atomic E-state index is 10.9. The summed E-state index contributed by atoms with van der Waals surface area (Å²) in [5, 5.41) is 9.67. The molecule has 1 N–H and O–H groups in total. The first-order chi connectivity index (χ1) is 8.45. The Kier molecular flexibility index (Phi) is 5.23. The van der Waals surface area contributed by atoms with Gasteiger partial charge in [0.05, 0.1) is 5.92 Å². The molecule has 0 spiro atoms. The highest BCUT2D eigenvalue weighted by atomic mass is 35.5.